The van der Waals surface area contributed by atoms with Gasteiger partial charge >= 0.3 is 0 Å². The molecule has 0 fully saturated rings. The second kappa shape index (κ2) is 8.19. The maximum atomic E-state index is 6.36. The van der Waals surface area contributed by atoms with Crippen molar-refractivity contribution in [2.45, 2.75) is 12.6 Å². The molecule has 0 bridgehead atoms. The van der Waals surface area contributed by atoms with Crippen LogP contribution in [0.5, 0.6) is 0 Å². The zero-order valence-electron chi connectivity index (χ0n) is 12.5. The third-order valence-electron chi connectivity index (χ3n) is 3.19. The van der Waals surface area contributed by atoms with E-state index in [1.807, 2.05) is 0 Å². The summed E-state index contributed by atoms with van der Waals surface area (Å²) in [6, 6.07) is 8.57. The Hall–Kier alpha value is -1.29. The number of rotatable bonds is 6. The molecule has 2 aromatic rings. The van der Waals surface area contributed by atoms with E-state index in [-0.39, 0.29) is 0 Å². The molecule has 0 amide bonds. The summed E-state index contributed by atoms with van der Waals surface area (Å²) in [6.45, 7) is 0. The maximum Gasteiger partial charge on any atom is 0.132 e. The fourth-order valence-corrected chi connectivity index (χ4v) is 2.92. The molecule has 2 rings (SSSR count). The highest BCUT2D eigenvalue weighted by Crippen LogP contribution is 2.39. The summed E-state index contributed by atoms with van der Waals surface area (Å²) in [7, 11) is 0. The van der Waals surface area contributed by atoms with Crippen LogP contribution >= 0.6 is 34.8 Å². The fourth-order valence-electron chi connectivity index (χ4n) is 2.09. The van der Waals surface area contributed by atoms with Crippen LogP contribution in [0.15, 0.2) is 30.3 Å². The second-order valence-electron chi connectivity index (χ2n) is 4.98. The molecule has 2 aromatic carbocycles. The molecule has 0 saturated heterocycles. The molecule has 0 aliphatic carbocycles. The molecule has 7 nitrogen and oxygen atoms in total. The first-order valence-corrected chi connectivity index (χ1v) is 7.99. The lowest BCUT2D eigenvalue weighted by Crippen LogP contribution is -2.60. The monoisotopic (exact) mass is 389 g/mol. The molecule has 130 valence electrons. The maximum absolute atomic E-state index is 6.36. The Morgan fingerprint density at radius 3 is 2.04 bits per heavy atom. The van der Waals surface area contributed by atoms with Crippen molar-refractivity contribution in [1.29, 1.82) is 0 Å². The molecule has 2 unspecified atom stereocenters. The van der Waals surface area contributed by atoms with Crippen molar-refractivity contribution in [3.63, 3.8) is 0 Å². The first-order chi connectivity index (χ1) is 11.3. The lowest BCUT2D eigenvalue weighted by molar-refractivity contribution is 0.406. The van der Waals surface area contributed by atoms with Crippen LogP contribution in [0.1, 0.15) is 0 Å². The number of hydrazine groups is 1. The minimum Gasteiger partial charge on any atom is -0.398 e. The van der Waals surface area contributed by atoms with Gasteiger partial charge in [0.2, 0.25) is 0 Å². The summed E-state index contributed by atoms with van der Waals surface area (Å²) < 4.78 is 0. The number of anilines is 2. The topological polar surface area (TPSA) is 140 Å². The highest BCUT2D eigenvalue weighted by atomic mass is 35.5. The van der Waals surface area contributed by atoms with Gasteiger partial charge in [-0.15, -0.1) is 0 Å². The van der Waals surface area contributed by atoms with E-state index >= 15 is 0 Å². The van der Waals surface area contributed by atoms with Crippen LogP contribution in [-0.2, 0) is 0 Å². The van der Waals surface area contributed by atoms with Gasteiger partial charge in [-0.25, -0.2) is 5.43 Å². The van der Waals surface area contributed by atoms with Gasteiger partial charge in [-0.3, -0.25) is 16.9 Å². The Kier molecular flexibility index (Phi) is 6.50. The number of benzene rings is 2. The molecule has 0 saturated carbocycles. The molecule has 0 spiro atoms. The van der Waals surface area contributed by atoms with Crippen molar-refractivity contribution in [2.24, 2.45) is 17.3 Å². The van der Waals surface area contributed by atoms with Crippen LogP contribution in [0.3, 0.4) is 0 Å². The molecule has 0 aliphatic rings. The van der Waals surface area contributed by atoms with Crippen molar-refractivity contribution in [3.8, 4) is 11.1 Å². The number of nitrogens with two attached hydrogens (primary N) is 4. The minimum atomic E-state index is -0.672. The SMILES string of the molecule is NNC(N)NC(N)Nc1cc(Cl)c(-c2ccc(Cl)c(N)c2)c(Cl)c1. The van der Waals surface area contributed by atoms with Crippen molar-refractivity contribution >= 4 is 46.2 Å². The highest BCUT2D eigenvalue weighted by Gasteiger charge is 2.13. The first kappa shape index (κ1) is 19.0. The number of nitrogens with one attached hydrogen (secondary N) is 3. The quantitative estimate of drug-likeness (QED) is 0.173. The summed E-state index contributed by atoms with van der Waals surface area (Å²) in [4.78, 5) is 0. The summed E-state index contributed by atoms with van der Waals surface area (Å²) in [5.41, 5.74) is 22.0. The Balaban J connectivity index is 2.26. The summed E-state index contributed by atoms with van der Waals surface area (Å²) in [6.07, 6.45) is -1.34. The van der Waals surface area contributed by atoms with Crippen LogP contribution in [0.25, 0.3) is 11.1 Å². The van der Waals surface area contributed by atoms with Crippen LogP contribution in [0, 0.1) is 0 Å². The lowest BCUT2D eigenvalue weighted by Gasteiger charge is -2.21. The van der Waals surface area contributed by atoms with Crippen LogP contribution < -0.4 is 39.1 Å². The normalized spacial score (nSPS) is 13.6. The van der Waals surface area contributed by atoms with Crippen molar-refractivity contribution in [1.82, 2.24) is 10.7 Å². The third-order valence-corrected chi connectivity index (χ3v) is 4.13. The summed E-state index contributed by atoms with van der Waals surface area (Å²) in [5, 5.41) is 7.06. The zero-order chi connectivity index (χ0) is 17.9. The van der Waals surface area contributed by atoms with E-state index in [4.69, 9.17) is 57.8 Å². The minimum absolute atomic E-state index is 0.431. The average Bonchev–Trinajstić information content (AvgIpc) is 2.49. The van der Waals surface area contributed by atoms with Gasteiger partial charge in [-0.2, -0.15) is 0 Å². The highest BCUT2D eigenvalue weighted by molar-refractivity contribution is 6.40. The van der Waals surface area contributed by atoms with Crippen LogP contribution in [0.2, 0.25) is 15.1 Å². The number of halogens is 3. The standard InChI is InChI=1S/C14H18Cl3N7/c15-8-2-1-6(3-11(8)18)12-9(16)4-7(5-10(12)17)22-13(19)23-14(20)24-21/h1-5,13-14,22-24H,18-21H2. The largest absolute Gasteiger partial charge is 0.398 e. The van der Waals surface area contributed by atoms with Gasteiger partial charge in [0.1, 0.15) is 12.6 Å². The molecular weight excluding hydrogens is 373 g/mol. The summed E-state index contributed by atoms with van der Waals surface area (Å²) in [5.74, 6) is 5.19. The average molecular weight is 391 g/mol. The van der Waals surface area contributed by atoms with Crippen molar-refractivity contribution in [3.05, 3.63) is 45.4 Å². The van der Waals surface area contributed by atoms with E-state index in [1.165, 1.54) is 0 Å². The molecular formula is C14H18Cl3N7. The predicted molar refractivity (Wildman–Crippen MR) is 101 cm³/mol. The molecule has 0 aliphatic heterocycles. The number of hydrogen-bond acceptors (Lipinski definition) is 7. The number of hydrogen-bond donors (Lipinski definition) is 7. The number of nitrogen functional groups attached to an aromatic ring is 1. The van der Waals surface area contributed by atoms with E-state index < -0.39 is 12.6 Å². The molecule has 0 radical (unpaired) electrons. The zero-order valence-corrected chi connectivity index (χ0v) is 14.8. The van der Waals surface area contributed by atoms with Crippen molar-refractivity contribution in [2.75, 3.05) is 11.1 Å². The van der Waals surface area contributed by atoms with E-state index in [0.717, 1.165) is 5.56 Å². The molecule has 0 aromatic heterocycles. The predicted octanol–water partition coefficient (Wildman–Crippen LogP) is 1.85. The van der Waals surface area contributed by atoms with Gasteiger partial charge in [-0.05, 0) is 29.8 Å². The first-order valence-electron chi connectivity index (χ1n) is 6.86. The van der Waals surface area contributed by atoms with E-state index in [0.29, 0.717) is 32.0 Å². The molecule has 24 heavy (non-hydrogen) atoms. The molecule has 0 heterocycles. The third kappa shape index (κ3) is 4.62. The Bertz CT molecular complexity index is 703. The van der Waals surface area contributed by atoms with Gasteiger partial charge in [0.25, 0.3) is 0 Å². The second-order valence-corrected chi connectivity index (χ2v) is 6.21. The Morgan fingerprint density at radius 2 is 1.50 bits per heavy atom. The van der Waals surface area contributed by atoms with Crippen molar-refractivity contribution < 1.29 is 0 Å². The van der Waals surface area contributed by atoms with Crippen LogP contribution in [-0.4, -0.2) is 12.6 Å². The Morgan fingerprint density at radius 1 is 0.875 bits per heavy atom. The van der Waals surface area contributed by atoms with E-state index in [9.17, 15) is 0 Å². The lowest BCUT2D eigenvalue weighted by atomic mass is 10.0. The molecule has 10 heteroatoms. The molecule has 2 atom stereocenters. The Labute approximate surface area is 154 Å². The van der Waals surface area contributed by atoms with Gasteiger partial charge in [-0.1, -0.05) is 40.9 Å². The fraction of sp³-hybridized carbons (Fsp3) is 0.143. The van der Waals surface area contributed by atoms with E-state index in [2.05, 4.69) is 16.1 Å². The van der Waals surface area contributed by atoms with Crippen LogP contribution in [0.4, 0.5) is 11.4 Å². The van der Waals surface area contributed by atoms with Gasteiger partial charge < -0.3 is 16.8 Å². The van der Waals surface area contributed by atoms with Gasteiger partial charge in [0, 0.05) is 11.3 Å². The molecule has 11 N–H and O–H groups in total. The van der Waals surface area contributed by atoms with Gasteiger partial charge in [0.05, 0.1) is 20.8 Å². The smallest absolute Gasteiger partial charge is 0.132 e. The summed E-state index contributed by atoms with van der Waals surface area (Å²) >= 11 is 18.7. The van der Waals surface area contributed by atoms with Gasteiger partial charge in [0.15, 0.2) is 0 Å². The van der Waals surface area contributed by atoms with E-state index in [1.54, 1.807) is 30.3 Å².